The van der Waals surface area contributed by atoms with Gasteiger partial charge in [-0.15, -0.1) is 0 Å². The van der Waals surface area contributed by atoms with Crippen LogP contribution in [0.15, 0.2) is 48.5 Å². The topological polar surface area (TPSA) is 100 Å². The molecule has 0 fully saturated rings. The van der Waals surface area contributed by atoms with Gasteiger partial charge in [-0.05, 0) is 23.3 Å². The quantitative estimate of drug-likeness (QED) is 0.642. The highest BCUT2D eigenvalue weighted by Gasteiger charge is 2.35. The van der Waals surface area contributed by atoms with Gasteiger partial charge < -0.3 is 4.98 Å². The predicted molar refractivity (Wildman–Crippen MR) is 90.5 cm³/mol. The van der Waals surface area contributed by atoms with E-state index in [-0.39, 0.29) is 22.2 Å². The van der Waals surface area contributed by atoms with E-state index < -0.39 is 39.6 Å². The summed E-state index contributed by atoms with van der Waals surface area (Å²) in [7, 11) is -4.71. The van der Waals surface area contributed by atoms with E-state index in [1.54, 1.807) is 6.07 Å². The second-order valence-corrected chi connectivity index (χ2v) is 7.38. The molecule has 27 heavy (non-hydrogen) atoms. The first-order chi connectivity index (χ1) is 12.6. The number of benzene rings is 2. The largest absolute Gasteiger partial charge is 0.449 e. The van der Waals surface area contributed by atoms with Gasteiger partial charge in [0.2, 0.25) is 5.82 Å². The standard InChI is InChI=1S/C17H13F3N2O4S/c18-17(19,20)16-21-12-7-6-10(8-13(12)22-16)9-14(23)15(27(24,25)26)11-4-2-1-3-5-11/h1-8,15H,9H2,(H,21,22)(H,24,25,26). The molecule has 0 saturated carbocycles. The molecule has 0 bridgehead atoms. The summed E-state index contributed by atoms with van der Waals surface area (Å²) in [6, 6.07) is 11.4. The summed E-state index contributed by atoms with van der Waals surface area (Å²) in [5, 5.41) is -1.78. The number of Topliss-reactive ketones (excluding diaryl/α,β-unsaturated/α-hetero) is 1. The van der Waals surface area contributed by atoms with Crippen LogP contribution in [0.4, 0.5) is 13.2 Å². The van der Waals surface area contributed by atoms with Gasteiger partial charge in [-0.2, -0.15) is 21.6 Å². The number of imidazole rings is 1. The maximum absolute atomic E-state index is 12.7. The van der Waals surface area contributed by atoms with E-state index in [0.29, 0.717) is 0 Å². The Morgan fingerprint density at radius 3 is 2.41 bits per heavy atom. The summed E-state index contributed by atoms with van der Waals surface area (Å²) < 4.78 is 71.0. The van der Waals surface area contributed by atoms with Crippen molar-refractivity contribution in [1.29, 1.82) is 0 Å². The molecular weight excluding hydrogens is 385 g/mol. The minimum atomic E-state index is -4.71. The lowest BCUT2D eigenvalue weighted by Crippen LogP contribution is -2.23. The first-order valence-electron chi connectivity index (χ1n) is 7.65. The summed E-state index contributed by atoms with van der Waals surface area (Å²) in [6.07, 6.45) is -5.03. The number of aromatic nitrogens is 2. The van der Waals surface area contributed by atoms with Crippen LogP contribution in [0, 0.1) is 0 Å². The molecule has 0 aliphatic heterocycles. The minimum absolute atomic E-state index is 0.0629. The van der Waals surface area contributed by atoms with E-state index >= 15 is 0 Å². The first kappa shape index (κ1) is 19.1. The molecule has 10 heteroatoms. The van der Waals surface area contributed by atoms with E-state index in [1.807, 2.05) is 0 Å². The van der Waals surface area contributed by atoms with Gasteiger partial charge in [0, 0.05) is 6.42 Å². The van der Waals surface area contributed by atoms with Gasteiger partial charge in [0.1, 0.15) is 0 Å². The van der Waals surface area contributed by atoms with Crippen LogP contribution in [0.25, 0.3) is 11.0 Å². The number of hydrogen-bond acceptors (Lipinski definition) is 4. The number of ketones is 1. The van der Waals surface area contributed by atoms with Crippen molar-refractivity contribution in [2.75, 3.05) is 0 Å². The molecule has 6 nitrogen and oxygen atoms in total. The van der Waals surface area contributed by atoms with Crippen molar-refractivity contribution in [3.8, 4) is 0 Å². The van der Waals surface area contributed by atoms with Crippen LogP contribution in [0.5, 0.6) is 0 Å². The van der Waals surface area contributed by atoms with Gasteiger partial charge in [-0.25, -0.2) is 4.98 Å². The highest BCUT2D eigenvalue weighted by Crippen LogP contribution is 2.29. The third kappa shape index (κ3) is 4.17. The van der Waals surface area contributed by atoms with Crippen LogP contribution in [0.2, 0.25) is 0 Å². The number of nitrogens with one attached hydrogen (secondary N) is 1. The highest BCUT2D eigenvalue weighted by molar-refractivity contribution is 7.86. The van der Waals surface area contributed by atoms with Crippen LogP contribution in [-0.4, -0.2) is 28.7 Å². The zero-order valence-corrected chi connectivity index (χ0v) is 14.4. The Hall–Kier alpha value is -2.72. The Labute approximate surface area is 151 Å². The summed E-state index contributed by atoms with van der Waals surface area (Å²) in [4.78, 5) is 18.1. The van der Waals surface area contributed by atoms with Crippen molar-refractivity contribution in [1.82, 2.24) is 9.97 Å². The molecular formula is C17H13F3N2O4S. The zero-order chi connectivity index (χ0) is 19.8. The van der Waals surface area contributed by atoms with Gasteiger partial charge in [0.25, 0.3) is 10.1 Å². The summed E-state index contributed by atoms with van der Waals surface area (Å²) in [5.74, 6) is -1.97. The number of H-pyrrole nitrogens is 1. The molecule has 1 atom stereocenters. The summed E-state index contributed by atoms with van der Waals surface area (Å²) in [6.45, 7) is 0. The van der Waals surface area contributed by atoms with E-state index in [4.69, 9.17) is 0 Å². The van der Waals surface area contributed by atoms with Crippen molar-refractivity contribution in [2.45, 2.75) is 17.8 Å². The SMILES string of the molecule is O=C(Cc1ccc2nc(C(F)(F)F)[nH]c2c1)C(c1ccccc1)S(=O)(=O)O. The molecule has 2 aromatic carbocycles. The molecule has 3 aromatic rings. The Balaban J connectivity index is 1.92. The monoisotopic (exact) mass is 398 g/mol. The molecule has 0 spiro atoms. The van der Waals surface area contributed by atoms with Gasteiger partial charge in [0.15, 0.2) is 11.0 Å². The minimum Gasteiger partial charge on any atom is -0.334 e. The molecule has 0 aliphatic rings. The maximum Gasteiger partial charge on any atom is 0.449 e. The molecule has 0 radical (unpaired) electrons. The van der Waals surface area contributed by atoms with Gasteiger partial charge in [-0.3, -0.25) is 9.35 Å². The van der Waals surface area contributed by atoms with Crippen LogP contribution < -0.4 is 0 Å². The molecule has 142 valence electrons. The van der Waals surface area contributed by atoms with Crippen molar-refractivity contribution < 1.29 is 30.9 Å². The zero-order valence-electron chi connectivity index (χ0n) is 13.6. The molecule has 0 aliphatic carbocycles. The number of hydrogen-bond donors (Lipinski definition) is 2. The van der Waals surface area contributed by atoms with Gasteiger partial charge in [-0.1, -0.05) is 36.4 Å². The smallest absolute Gasteiger partial charge is 0.334 e. The summed E-state index contributed by atoms with van der Waals surface area (Å²) >= 11 is 0. The molecule has 3 rings (SSSR count). The molecule has 1 unspecified atom stereocenters. The fourth-order valence-corrected chi connectivity index (χ4v) is 3.66. The molecule has 2 N–H and O–H groups in total. The lowest BCUT2D eigenvalue weighted by atomic mass is 10.0. The molecule has 1 heterocycles. The van der Waals surface area contributed by atoms with E-state index in [2.05, 4.69) is 9.97 Å². The Kier molecular flexibility index (Phi) is 4.79. The average molecular weight is 398 g/mol. The number of carbonyl (C=O) groups is 1. The van der Waals surface area contributed by atoms with Gasteiger partial charge in [0.05, 0.1) is 11.0 Å². The number of fused-ring (bicyclic) bond motifs is 1. The van der Waals surface area contributed by atoms with Crippen molar-refractivity contribution >= 4 is 26.9 Å². The average Bonchev–Trinajstić information content (AvgIpc) is 2.98. The van der Waals surface area contributed by atoms with E-state index in [0.717, 1.165) is 0 Å². The van der Waals surface area contributed by atoms with Crippen molar-refractivity contribution in [3.63, 3.8) is 0 Å². The number of carbonyl (C=O) groups excluding carboxylic acids is 1. The lowest BCUT2D eigenvalue weighted by Gasteiger charge is -2.13. The van der Waals surface area contributed by atoms with Crippen molar-refractivity contribution in [3.05, 3.63) is 65.5 Å². The van der Waals surface area contributed by atoms with Crippen LogP contribution in [0.3, 0.4) is 0 Å². The summed E-state index contributed by atoms with van der Waals surface area (Å²) in [5.41, 5.74) is 0.519. The Morgan fingerprint density at radius 1 is 1.15 bits per heavy atom. The lowest BCUT2D eigenvalue weighted by molar-refractivity contribution is -0.144. The normalized spacial score (nSPS) is 13.6. The highest BCUT2D eigenvalue weighted by atomic mass is 32.2. The predicted octanol–water partition coefficient (Wildman–Crippen LogP) is 3.32. The van der Waals surface area contributed by atoms with E-state index in [9.17, 15) is 30.9 Å². The fourth-order valence-electron chi connectivity index (χ4n) is 2.75. The first-order valence-corrected chi connectivity index (χ1v) is 9.16. The third-order valence-corrected chi connectivity index (χ3v) is 5.02. The molecule has 1 aromatic heterocycles. The number of nitrogens with zero attached hydrogens (tertiary/aromatic N) is 1. The molecule has 0 saturated heterocycles. The number of alkyl halides is 3. The number of halogens is 3. The Morgan fingerprint density at radius 2 is 1.81 bits per heavy atom. The van der Waals surface area contributed by atoms with Crippen molar-refractivity contribution in [2.24, 2.45) is 0 Å². The Bertz CT molecular complexity index is 1090. The van der Waals surface area contributed by atoms with E-state index in [1.165, 1.54) is 42.5 Å². The third-order valence-electron chi connectivity index (χ3n) is 3.89. The molecule has 0 amide bonds. The number of aromatic amines is 1. The van der Waals surface area contributed by atoms with Crippen LogP contribution >= 0.6 is 0 Å². The number of rotatable bonds is 5. The second-order valence-electron chi connectivity index (χ2n) is 5.88. The fraction of sp³-hybridized carbons (Fsp3) is 0.176. The van der Waals surface area contributed by atoms with Gasteiger partial charge >= 0.3 is 6.18 Å². The van der Waals surface area contributed by atoms with Crippen LogP contribution in [0.1, 0.15) is 22.2 Å². The van der Waals surface area contributed by atoms with Crippen LogP contribution in [-0.2, 0) is 27.5 Å². The maximum atomic E-state index is 12.7. The second kappa shape index (κ2) is 6.78.